The molecule has 0 aromatic carbocycles. The van der Waals surface area contributed by atoms with Gasteiger partial charge in [0.05, 0.1) is 7.11 Å². The minimum absolute atomic E-state index is 0.0525. The van der Waals surface area contributed by atoms with Crippen molar-refractivity contribution in [2.75, 3.05) is 33.8 Å². The van der Waals surface area contributed by atoms with Gasteiger partial charge in [0.1, 0.15) is 5.54 Å². The van der Waals surface area contributed by atoms with E-state index < -0.39 is 5.54 Å². The maximum atomic E-state index is 12.4. The van der Waals surface area contributed by atoms with Crippen molar-refractivity contribution in [3.63, 3.8) is 0 Å². The van der Waals surface area contributed by atoms with E-state index in [2.05, 4.69) is 24.2 Å². The number of nitrogens with zero attached hydrogens (tertiary/aromatic N) is 1. The Kier molecular flexibility index (Phi) is 6.06. The third-order valence-electron chi connectivity index (χ3n) is 5.19. The summed E-state index contributed by atoms with van der Waals surface area (Å²) in [6.45, 7) is 5.35. The van der Waals surface area contributed by atoms with Crippen molar-refractivity contribution in [2.24, 2.45) is 11.8 Å². The van der Waals surface area contributed by atoms with E-state index in [1.165, 1.54) is 26.5 Å². The van der Waals surface area contributed by atoms with E-state index >= 15 is 0 Å². The van der Waals surface area contributed by atoms with Crippen LogP contribution in [-0.4, -0.2) is 50.2 Å². The SMILES string of the molecule is CCCNC1(C(=O)OC)CCCC1CCN(C)CC1CC1. The Labute approximate surface area is 129 Å². The summed E-state index contributed by atoms with van der Waals surface area (Å²) in [5.74, 6) is 1.30. The lowest BCUT2D eigenvalue weighted by Crippen LogP contribution is -2.56. The van der Waals surface area contributed by atoms with Gasteiger partial charge in [0.25, 0.3) is 0 Å². The van der Waals surface area contributed by atoms with Crippen LogP contribution in [0.5, 0.6) is 0 Å². The van der Waals surface area contributed by atoms with Crippen LogP contribution >= 0.6 is 0 Å². The molecule has 2 atom stereocenters. The molecule has 0 amide bonds. The number of rotatable bonds is 9. The first kappa shape index (κ1) is 16.8. The summed E-state index contributed by atoms with van der Waals surface area (Å²) in [6, 6.07) is 0. The van der Waals surface area contributed by atoms with Crippen molar-refractivity contribution >= 4 is 5.97 Å². The van der Waals surface area contributed by atoms with Crippen molar-refractivity contribution in [3.8, 4) is 0 Å². The van der Waals surface area contributed by atoms with Crippen molar-refractivity contribution in [1.82, 2.24) is 10.2 Å². The molecule has 0 heterocycles. The normalized spacial score (nSPS) is 29.0. The van der Waals surface area contributed by atoms with Crippen molar-refractivity contribution in [2.45, 2.75) is 57.4 Å². The fourth-order valence-electron chi connectivity index (χ4n) is 3.78. The molecule has 0 aliphatic heterocycles. The van der Waals surface area contributed by atoms with Gasteiger partial charge in [0.15, 0.2) is 0 Å². The highest BCUT2D eigenvalue weighted by atomic mass is 16.5. The lowest BCUT2D eigenvalue weighted by atomic mass is 9.84. The van der Waals surface area contributed by atoms with Crippen LogP contribution in [0.3, 0.4) is 0 Å². The number of methoxy groups -OCH3 is 1. The molecular weight excluding hydrogens is 264 g/mol. The summed E-state index contributed by atoms with van der Waals surface area (Å²) in [5, 5.41) is 3.53. The van der Waals surface area contributed by atoms with Gasteiger partial charge in [-0.1, -0.05) is 13.3 Å². The van der Waals surface area contributed by atoms with Gasteiger partial charge in [-0.05, 0) is 70.5 Å². The summed E-state index contributed by atoms with van der Waals surface area (Å²) in [7, 11) is 3.73. The van der Waals surface area contributed by atoms with E-state index in [1.807, 2.05) is 0 Å². The molecule has 2 saturated carbocycles. The molecule has 2 aliphatic rings. The highest BCUT2D eigenvalue weighted by molar-refractivity contribution is 5.81. The average molecular weight is 296 g/mol. The zero-order valence-corrected chi connectivity index (χ0v) is 14.0. The summed E-state index contributed by atoms with van der Waals surface area (Å²) in [5.41, 5.74) is -0.425. The van der Waals surface area contributed by atoms with E-state index in [0.29, 0.717) is 5.92 Å². The highest BCUT2D eigenvalue weighted by Gasteiger charge is 2.49. The lowest BCUT2D eigenvalue weighted by Gasteiger charge is -2.34. The third kappa shape index (κ3) is 4.19. The number of esters is 1. The fourth-order valence-corrected chi connectivity index (χ4v) is 3.78. The topological polar surface area (TPSA) is 41.6 Å². The average Bonchev–Trinajstić information content (AvgIpc) is 3.20. The Balaban J connectivity index is 1.92. The van der Waals surface area contributed by atoms with Gasteiger partial charge in [0, 0.05) is 6.54 Å². The van der Waals surface area contributed by atoms with Crippen LogP contribution in [0.4, 0.5) is 0 Å². The van der Waals surface area contributed by atoms with E-state index in [4.69, 9.17) is 4.74 Å². The maximum Gasteiger partial charge on any atom is 0.326 e. The van der Waals surface area contributed by atoms with Crippen LogP contribution in [-0.2, 0) is 9.53 Å². The number of carbonyl (C=O) groups excluding carboxylic acids is 1. The number of carbonyl (C=O) groups is 1. The predicted octanol–water partition coefficient (Wildman–Crippen LogP) is 2.43. The molecule has 0 aromatic heterocycles. The smallest absolute Gasteiger partial charge is 0.326 e. The van der Waals surface area contributed by atoms with Crippen LogP contribution in [0, 0.1) is 11.8 Å². The van der Waals surface area contributed by atoms with Crippen LogP contribution in [0.1, 0.15) is 51.9 Å². The van der Waals surface area contributed by atoms with Crippen LogP contribution in [0.15, 0.2) is 0 Å². The van der Waals surface area contributed by atoms with E-state index in [0.717, 1.165) is 51.1 Å². The number of hydrogen-bond acceptors (Lipinski definition) is 4. The van der Waals surface area contributed by atoms with Crippen LogP contribution in [0.25, 0.3) is 0 Å². The quantitative estimate of drug-likeness (QED) is 0.664. The summed E-state index contributed by atoms with van der Waals surface area (Å²) >= 11 is 0. The molecule has 0 bridgehead atoms. The van der Waals surface area contributed by atoms with Gasteiger partial charge in [0.2, 0.25) is 0 Å². The molecule has 21 heavy (non-hydrogen) atoms. The Bertz CT molecular complexity index is 344. The fraction of sp³-hybridized carbons (Fsp3) is 0.941. The lowest BCUT2D eigenvalue weighted by molar-refractivity contribution is -0.150. The van der Waals surface area contributed by atoms with Gasteiger partial charge in [-0.15, -0.1) is 0 Å². The molecule has 2 unspecified atom stereocenters. The molecule has 2 rings (SSSR count). The monoisotopic (exact) mass is 296 g/mol. The van der Waals surface area contributed by atoms with Gasteiger partial charge < -0.3 is 15.0 Å². The Hall–Kier alpha value is -0.610. The molecule has 0 saturated heterocycles. The van der Waals surface area contributed by atoms with Crippen molar-refractivity contribution < 1.29 is 9.53 Å². The molecule has 4 heteroatoms. The molecule has 1 N–H and O–H groups in total. The predicted molar refractivity (Wildman–Crippen MR) is 85.2 cm³/mol. The number of ether oxygens (including phenoxy) is 1. The minimum Gasteiger partial charge on any atom is -0.468 e. The first-order valence-electron chi connectivity index (χ1n) is 8.64. The van der Waals surface area contributed by atoms with Gasteiger partial charge in [-0.2, -0.15) is 0 Å². The summed E-state index contributed by atoms with van der Waals surface area (Å²) in [6.07, 6.45) is 8.14. The third-order valence-corrected chi connectivity index (χ3v) is 5.19. The second-order valence-electron chi connectivity index (χ2n) is 6.97. The summed E-state index contributed by atoms with van der Waals surface area (Å²) < 4.78 is 5.13. The van der Waals surface area contributed by atoms with Crippen molar-refractivity contribution in [1.29, 1.82) is 0 Å². The molecular formula is C17H32N2O2. The minimum atomic E-state index is -0.425. The molecule has 4 nitrogen and oxygen atoms in total. The molecule has 0 radical (unpaired) electrons. The summed E-state index contributed by atoms with van der Waals surface area (Å²) in [4.78, 5) is 14.8. The first-order chi connectivity index (χ1) is 10.1. The van der Waals surface area contributed by atoms with Crippen LogP contribution < -0.4 is 5.32 Å². The second kappa shape index (κ2) is 7.59. The van der Waals surface area contributed by atoms with E-state index in [1.54, 1.807) is 0 Å². The largest absolute Gasteiger partial charge is 0.468 e. The van der Waals surface area contributed by atoms with Crippen LogP contribution in [0.2, 0.25) is 0 Å². The molecule has 0 aromatic rings. The first-order valence-corrected chi connectivity index (χ1v) is 8.64. The zero-order valence-electron chi connectivity index (χ0n) is 14.0. The second-order valence-corrected chi connectivity index (χ2v) is 6.97. The Morgan fingerprint density at radius 1 is 1.38 bits per heavy atom. The molecule has 122 valence electrons. The van der Waals surface area contributed by atoms with Crippen molar-refractivity contribution in [3.05, 3.63) is 0 Å². The van der Waals surface area contributed by atoms with Gasteiger partial charge in [-0.3, -0.25) is 4.79 Å². The Morgan fingerprint density at radius 3 is 2.76 bits per heavy atom. The number of nitrogens with one attached hydrogen (secondary N) is 1. The molecule has 2 aliphatic carbocycles. The number of hydrogen-bond donors (Lipinski definition) is 1. The standard InChI is InChI=1S/C17H32N2O2/c1-4-11-18-17(16(20)21-3)10-5-6-15(17)9-12-19(2)13-14-7-8-14/h14-15,18H,4-13H2,1-3H3. The highest BCUT2D eigenvalue weighted by Crippen LogP contribution is 2.39. The van der Waals surface area contributed by atoms with E-state index in [9.17, 15) is 4.79 Å². The molecule has 0 spiro atoms. The van der Waals surface area contributed by atoms with E-state index in [-0.39, 0.29) is 5.97 Å². The zero-order chi connectivity index (χ0) is 15.3. The van der Waals surface area contributed by atoms with Gasteiger partial charge in [-0.25, -0.2) is 0 Å². The Morgan fingerprint density at radius 2 is 2.14 bits per heavy atom. The maximum absolute atomic E-state index is 12.4. The molecule has 2 fully saturated rings. The van der Waals surface area contributed by atoms with Gasteiger partial charge >= 0.3 is 5.97 Å².